The Kier molecular flexibility index (Phi) is 8.58. The monoisotopic (exact) mass is 512 g/mol. The maximum atomic E-state index is 12.2. The van der Waals surface area contributed by atoms with Crippen molar-refractivity contribution in [1.82, 2.24) is 14.9 Å². The lowest BCUT2D eigenvalue weighted by molar-refractivity contribution is -0.124. The Morgan fingerprint density at radius 1 is 0.921 bits per heavy atom. The molecule has 38 heavy (non-hydrogen) atoms. The molecule has 0 saturated carbocycles. The van der Waals surface area contributed by atoms with Gasteiger partial charge in [0, 0.05) is 50.2 Å². The van der Waals surface area contributed by atoms with Gasteiger partial charge in [0.2, 0.25) is 17.8 Å². The van der Waals surface area contributed by atoms with E-state index in [-0.39, 0.29) is 11.6 Å². The first-order chi connectivity index (χ1) is 18.3. The number of nitrogens with zero attached hydrogens (tertiary/aromatic N) is 4. The fourth-order valence-corrected chi connectivity index (χ4v) is 3.97. The van der Waals surface area contributed by atoms with Gasteiger partial charge < -0.3 is 9.47 Å². The van der Waals surface area contributed by atoms with E-state index in [0.29, 0.717) is 11.3 Å². The molecule has 9 nitrogen and oxygen atoms in total. The summed E-state index contributed by atoms with van der Waals surface area (Å²) in [5.41, 5.74) is 3.90. The molecular weight excluding hydrogens is 484 g/mol. The van der Waals surface area contributed by atoms with Crippen LogP contribution in [0.4, 0.5) is 5.95 Å². The summed E-state index contributed by atoms with van der Waals surface area (Å²) in [6.07, 6.45) is 0. The number of imide groups is 1. The number of aromatic nitrogens is 2. The lowest BCUT2D eigenvalue weighted by atomic mass is 10.1. The summed E-state index contributed by atoms with van der Waals surface area (Å²) >= 11 is 0. The largest absolute Gasteiger partial charge is 0.464 e. The van der Waals surface area contributed by atoms with Crippen LogP contribution in [0.5, 0.6) is 0 Å². The molecule has 1 aliphatic rings. The molecule has 0 aliphatic carbocycles. The van der Waals surface area contributed by atoms with Gasteiger partial charge in [0.25, 0.3) is 0 Å². The second kappa shape index (κ2) is 12.2. The number of benzene rings is 2. The molecule has 0 unspecified atom stereocenters. The van der Waals surface area contributed by atoms with Gasteiger partial charge in [-0.1, -0.05) is 36.1 Å². The number of amides is 2. The Labute approximate surface area is 221 Å². The first-order valence-corrected chi connectivity index (χ1v) is 12.1. The summed E-state index contributed by atoms with van der Waals surface area (Å²) in [5.74, 6) is 4.31. The zero-order valence-electron chi connectivity index (χ0n) is 21.6. The van der Waals surface area contributed by atoms with Crippen molar-refractivity contribution < 1.29 is 23.9 Å². The summed E-state index contributed by atoms with van der Waals surface area (Å²) in [6.45, 7) is 6.80. The highest BCUT2D eigenvalue weighted by Crippen LogP contribution is 2.22. The Bertz CT molecular complexity index is 1370. The average Bonchev–Trinajstić information content (AvgIpc) is 2.92. The molecule has 2 heterocycles. The number of esters is 1. The molecule has 1 aromatic heterocycles. The summed E-state index contributed by atoms with van der Waals surface area (Å²) in [4.78, 5) is 47.8. The van der Waals surface area contributed by atoms with Gasteiger partial charge in [0.15, 0.2) is 5.69 Å². The van der Waals surface area contributed by atoms with E-state index in [9.17, 15) is 14.4 Å². The van der Waals surface area contributed by atoms with Crippen molar-refractivity contribution in [2.24, 2.45) is 0 Å². The fraction of sp³-hybridized carbons (Fsp3) is 0.276. The molecule has 0 spiro atoms. The number of carbonyl (C=O) groups is 3. The van der Waals surface area contributed by atoms with Crippen LogP contribution in [-0.2, 0) is 25.6 Å². The number of morpholine rings is 1. The Hall–Kier alpha value is -4.39. The van der Waals surface area contributed by atoms with Crippen LogP contribution in [0.15, 0.2) is 54.6 Å². The third-order valence-electron chi connectivity index (χ3n) is 5.93. The second-order valence-electron chi connectivity index (χ2n) is 8.72. The summed E-state index contributed by atoms with van der Waals surface area (Å²) in [6, 6.07) is 17.0. The Morgan fingerprint density at radius 2 is 1.50 bits per heavy atom. The van der Waals surface area contributed by atoms with Gasteiger partial charge in [-0.3, -0.25) is 14.5 Å². The molecule has 0 radical (unpaired) electrons. The standard InChI is InChI=1S/C29H28N4O5/c1-20(34)33(21(2)35)29-30-26(18-27(31-29)28(36)37-3)25-12-10-23(11-13-25)5-4-22-6-8-24(9-7-22)19-32-14-16-38-17-15-32/h6-13,18H,14-17,19H2,1-3H3. The number of anilines is 1. The highest BCUT2D eigenvalue weighted by molar-refractivity contribution is 6.12. The number of rotatable bonds is 5. The van der Waals surface area contributed by atoms with Gasteiger partial charge in [-0.2, -0.15) is 0 Å². The van der Waals surface area contributed by atoms with Crippen molar-refractivity contribution in [2.45, 2.75) is 20.4 Å². The predicted molar refractivity (Wildman–Crippen MR) is 141 cm³/mol. The van der Waals surface area contributed by atoms with Crippen LogP contribution in [0.2, 0.25) is 0 Å². The van der Waals surface area contributed by atoms with E-state index < -0.39 is 17.8 Å². The van der Waals surface area contributed by atoms with Crippen molar-refractivity contribution in [3.8, 4) is 23.1 Å². The van der Waals surface area contributed by atoms with Crippen LogP contribution in [0.25, 0.3) is 11.3 Å². The molecule has 1 fully saturated rings. The molecule has 9 heteroatoms. The van der Waals surface area contributed by atoms with Crippen molar-refractivity contribution in [3.63, 3.8) is 0 Å². The van der Waals surface area contributed by atoms with Gasteiger partial charge in [-0.15, -0.1) is 0 Å². The van der Waals surface area contributed by atoms with Crippen LogP contribution in [0, 0.1) is 11.8 Å². The van der Waals surface area contributed by atoms with E-state index in [1.54, 1.807) is 12.1 Å². The summed E-state index contributed by atoms with van der Waals surface area (Å²) < 4.78 is 10.2. The first-order valence-electron chi connectivity index (χ1n) is 12.1. The molecule has 0 atom stereocenters. The number of hydrogen-bond donors (Lipinski definition) is 0. The van der Waals surface area contributed by atoms with Gasteiger partial charge >= 0.3 is 5.97 Å². The van der Waals surface area contributed by atoms with Crippen molar-refractivity contribution in [1.29, 1.82) is 0 Å². The summed E-state index contributed by atoms with van der Waals surface area (Å²) in [7, 11) is 1.22. The zero-order chi connectivity index (χ0) is 27.1. The Morgan fingerprint density at radius 3 is 2.05 bits per heavy atom. The van der Waals surface area contributed by atoms with E-state index in [1.807, 2.05) is 24.3 Å². The first kappa shape index (κ1) is 26.7. The van der Waals surface area contributed by atoms with Gasteiger partial charge in [-0.25, -0.2) is 19.7 Å². The van der Waals surface area contributed by atoms with Crippen LogP contribution in [0.1, 0.15) is 41.0 Å². The van der Waals surface area contributed by atoms with E-state index in [4.69, 9.17) is 9.47 Å². The SMILES string of the molecule is COC(=O)c1cc(-c2ccc(C#Cc3ccc(CN4CCOCC4)cc3)cc2)nc(N(C(C)=O)C(C)=O)n1. The lowest BCUT2D eigenvalue weighted by Crippen LogP contribution is -2.35. The zero-order valence-corrected chi connectivity index (χ0v) is 21.6. The third kappa shape index (κ3) is 6.68. The van der Waals surface area contributed by atoms with Crippen LogP contribution >= 0.6 is 0 Å². The molecule has 194 valence electrons. The minimum absolute atomic E-state index is 0.0686. The van der Waals surface area contributed by atoms with Crippen molar-refractivity contribution in [3.05, 3.63) is 77.0 Å². The fourth-order valence-electron chi connectivity index (χ4n) is 3.97. The lowest BCUT2D eigenvalue weighted by Gasteiger charge is -2.26. The maximum absolute atomic E-state index is 12.2. The van der Waals surface area contributed by atoms with E-state index in [1.165, 1.54) is 32.6 Å². The molecule has 4 rings (SSSR count). The third-order valence-corrected chi connectivity index (χ3v) is 5.93. The number of carbonyl (C=O) groups excluding carboxylic acids is 3. The quantitative estimate of drug-likeness (QED) is 0.380. The highest BCUT2D eigenvalue weighted by Gasteiger charge is 2.23. The van der Waals surface area contributed by atoms with E-state index >= 15 is 0 Å². The predicted octanol–water partition coefficient (Wildman–Crippen LogP) is 3.06. The topological polar surface area (TPSA) is 102 Å². The normalized spacial score (nSPS) is 13.2. The van der Waals surface area contributed by atoms with Crippen molar-refractivity contribution >= 4 is 23.7 Å². The van der Waals surface area contributed by atoms with Crippen LogP contribution in [0.3, 0.4) is 0 Å². The highest BCUT2D eigenvalue weighted by atomic mass is 16.5. The Balaban J connectivity index is 1.53. The molecule has 0 N–H and O–H groups in total. The van der Waals surface area contributed by atoms with Gasteiger partial charge in [0.05, 0.1) is 26.0 Å². The van der Waals surface area contributed by atoms with Crippen LogP contribution < -0.4 is 4.90 Å². The van der Waals surface area contributed by atoms with Crippen molar-refractivity contribution in [2.75, 3.05) is 38.3 Å². The minimum Gasteiger partial charge on any atom is -0.464 e. The second-order valence-corrected chi connectivity index (χ2v) is 8.72. The number of methoxy groups -OCH3 is 1. The molecular formula is C29H28N4O5. The van der Waals surface area contributed by atoms with Gasteiger partial charge in [0.1, 0.15) is 0 Å². The van der Waals surface area contributed by atoms with Gasteiger partial charge in [-0.05, 0) is 35.9 Å². The molecule has 2 aromatic carbocycles. The maximum Gasteiger partial charge on any atom is 0.356 e. The molecule has 1 saturated heterocycles. The molecule has 2 amide bonds. The molecule has 1 aliphatic heterocycles. The summed E-state index contributed by atoms with van der Waals surface area (Å²) in [5, 5.41) is 0. The van der Waals surface area contributed by atoms with E-state index in [2.05, 4.69) is 38.8 Å². The number of hydrogen-bond acceptors (Lipinski definition) is 8. The number of ether oxygens (including phenoxy) is 2. The minimum atomic E-state index is -0.708. The average molecular weight is 513 g/mol. The van der Waals surface area contributed by atoms with E-state index in [0.717, 1.165) is 48.9 Å². The van der Waals surface area contributed by atoms with Crippen LogP contribution in [-0.4, -0.2) is 66.1 Å². The smallest absolute Gasteiger partial charge is 0.356 e. The molecule has 3 aromatic rings. The molecule has 0 bridgehead atoms.